The second kappa shape index (κ2) is 8.67. The van der Waals surface area contributed by atoms with Crippen molar-refractivity contribution in [3.8, 4) is 11.5 Å². The molecule has 1 amide bonds. The monoisotopic (exact) mass is 338 g/mol. The standard InChI is InChI=1S/C21H26N2O2/c1-16-6-9-19(10-7-16)25-20-5-3-2-4-18(20)15-23-21(24)11-8-17-12-13-22-14-17/h2-7,9-10,17,22H,8,11-15H2,1H3,(H,23,24). The Labute approximate surface area is 149 Å². The number of aryl methyl sites for hydroxylation is 1. The highest BCUT2D eigenvalue weighted by Crippen LogP contribution is 2.25. The number of para-hydroxylation sites is 1. The molecule has 0 aromatic heterocycles. The van der Waals surface area contributed by atoms with Gasteiger partial charge in [0.1, 0.15) is 11.5 Å². The highest BCUT2D eigenvalue weighted by molar-refractivity contribution is 5.75. The first-order chi connectivity index (χ1) is 12.2. The predicted molar refractivity (Wildman–Crippen MR) is 99.8 cm³/mol. The second-order valence-electron chi connectivity index (χ2n) is 6.70. The van der Waals surface area contributed by atoms with Gasteiger partial charge in [0.15, 0.2) is 0 Å². The fourth-order valence-electron chi connectivity index (χ4n) is 3.06. The summed E-state index contributed by atoms with van der Waals surface area (Å²) in [5.74, 6) is 2.34. The zero-order valence-electron chi connectivity index (χ0n) is 14.8. The van der Waals surface area contributed by atoms with Crippen molar-refractivity contribution in [1.82, 2.24) is 10.6 Å². The lowest BCUT2D eigenvalue weighted by Crippen LogP contribution is -2.23. The van der Waals surface area contributed by atoms with Crippen LogP contribution in [0.1, 0.15) is 30.4 Å². The van der Waals surface area contributed by atoms with Crippen molar-refractivity contribution < 1.29 is 9.53 Å². The summed E-state index contributed by atoms with van der Waals surface area (Å²) in [5.41, 5.74) is 2.18. The first-order valence-electron chi connectivity index (χ1n) is 9.00. The van der Waals surface area contributed by atoms with E-state index in [9.17, 15) is 4.79 Å². The van der Waals surface area contributed by atoms with Crippen LogP contribution >= 0.6 is 0 Å². The molecule has 0 aliphatic carbocycles. The highest BCUT2D eigenvalue weighted by atomic mass is 16.5. The SMILES string of the molecule is Cc1ccc(Oc2ccccc2CNC(=O)CCC2CCNC2)cc1. The molecule has 0 spiro atoms. The Morgan fingerprint density at radius 1 is 1.20 bits per heavy atom. The van der Waals surface area contributed by atoms with Crippen molar-refractivity contribution in [2.45, 2.75) is 32.7 Å². The number of hydrogen-bond acceptors (Lipinski definition) is 3. The molecule has 3 rings (SSSR count). The molecule has 25 heavy (non-hydrogen) atoms. The Bertz CT molecular complexity index is 691. The normalized spacial score (nSPS) is 16.6. The average Bonchev–Trinajstić information content (AvgIpc) is 3.15. The number of rotatable bonds is 7. The first kappa shape index (κ1) is 17.5. The number of benzene rings is 2. The van der Waals surface area contributed by atoms with Gasteiger partial charge in [-0.2, -0.15) is 0 Å². The quantitative estimate of drug-likeness (QED) is 0.807. The lowest BCUT2D eigenvalue weighted by molar-refractivity contribution is -0.121. The van der Waals surface area contributed by atoms with Gasteiger partial charge >= 0.3 is 0 Å². The molecule has 1 aliphatic rings. The van der Waals surface area contributed by atoms with Crippen molar-refractivity contribution in [3.63, 3.8) is 0 Å². The van der Waals surface area contributed by atoms with Gasteiger partial charge in [0.2, 0.25) is 5.91 Å². The molecule has 1 saturated heterocycles. The molecule has 4 heteroatoms. The van der Waals surface area contributed by atoms with E-state index < -0.39 is 0 Å². The van der Waals surface area contributed by atoms with Crippen LogP contribution in [0.25, 0.3) is 0 Å². The lowest BCUT2D eigenvalue weighted by atomic mass is 10.0. The van der Waals surface area contributed by atoms with E-state index in [1.807, 2.05) is 48.5 Å². The van der Waals surface area contributed by atoms with E-state index in [0.717, 1.165) is 36.6 Å². The van der Waals surface area contributed by atoms with Gasteiger partial charge in [-0.25, -0.2) is 0 Å². The van der Waals surface area contributed by atoms with E-state index >= 15 is 0 Å². The molecule has 1 fully saturated rings. The lowest BCUT2D eigenvalue weighted by Gasteiger charge is -2.13. The minimum Gasteiger partial charge on any atom is -0.457 e. The van der Waals surface area contributed by atoms with E-state index in [1.165, 1.54) is 12.0 Å². The van der Waals surface area contributed by atoms with E-state index in [-0.39, 0.29) is 5.91 Å². The Kier molecular flexibility index (Phi) is 6.07. The van der Waals surface area contributed by atoms with Crippen molar-refractivity contribution >= 4 is 5.91 Å². The largest absolute Gasteiger partial charge is 0.457 e. The minimum atomic E-state index is 0.108. The fraction of sp³-hybridized carbons (Fsp3) is 0.381. The zero-order valence-corrected chi connectivity index (χ0v) is 14.8. The molecule has 0 radical (unpaired) electrons. The molecule has 4 nitrogen and oxygen atoms in total. The van der Waals surface area contributed by atoms with Crippen LogP contribution in [0.5, 0.6) is 11.5 Å². The van der Waals surface area contributed by atoms with Crippen LogP contribution in [-0.4, -0.2) is 19.0 Å². The van der Waals surface area contributed by atoms with Crippen molar-refractivity contribution in [2.24, 2.45) is 5.92 Å². The topological polar surface area (TPSA) is 50.4 Å². The summed E-state index contributed by atoms with van der Waals surface area (Å²) in [6.07, 6.45) is 2.73. The number of ether oxygens (including phenoxy) is 1. The maximum atomic E-state index is 12.1. The predicted octanol–water partition coefficient (Wildman–Crippen LogP) is 3.79. The summed E-state index contributed by atoms with van der Waals surface area (Å²) in [5, 5.41) is 6.36. The molecule has 0 bridgehead atoms. The van der Waals surface area contributed by atoms with Crippen LogP contribution in [0, 0.1) is 12.8 Å². The van der Waals surface area contributed by atoms with Gasteiger partial charge in [-0.3, -0.25) is 4.79 Å². The molecule has 1 heterocycles. The van der Waals surface area contributed by atoms with Gasteiger partial charge in [-0.1, -0.05) is 35.9 Å². The third-order valence-electron chi connectivity index (χ3n) is 4.64. The molecule has 1 aliphatic heterocycles. The van der Waals surface area contributed by atoms with Gasteiger partial charge in [0, 0.05) is 18.5 Å². The number of nitrogens with one attached hydrogen (secondary N) is 2. The molecular formula is C21H26N2O2. The molecular weight excluding hydrogens is 312 g/mol. The van der Waals surface area contributed by atoms with E-state index in [2.05, 4.69) is 17.6 Å². The number of hydrogen-bond donors (Lipinski definition) is 2. The van der Waals surface area contributed by atoms with Crippen molar-refractivity contribution in [2.75, 3.05) is 13.1 Å². The molecule has 2 N–H and O–H groups in total. The molecule has 0 saturated carbocycles. The Hall–Kier alpha value is -2.33. The second-order valence-corrected chi connectivity index (χ2v) is 6.70. The fourth-order valence-corrected chi connectivity index (χ4v) is 3.06. The van der Waals surface area contributed by atoms with Crippen LogP contribution < -0.4 is 15.4 Å². The summed E-state index contributed by atoms with van der Waals surface area (Å²) < 4.78 is 5.98. The number of carbonyl (C=O) groups is 1. The van der Waals surface area contributed by atoms with E-state index in [0.29, 0.717) is 18.9 Å². The molecule has 1 atom stereocenters. The third kappa shape index (κ3) is 5.33. The summed E-state index contributed by atoms with van der Waals surface area (Å²) >= 11 is 0. The van der Waals surface area contributed by atoms with E-state index in [4.69, 9.17) is 4.74 Å². The maximum absolute atomic E-state index is 12.1. The molecule has 132 valence electrons. The first-order valence-corrected chi connectivity index (χ1v) is 9.00. The Morgan fingerprint density at radius 2 is 2.00 bits per heavy atom. The Morgan fingerprint density at radius 3 is 2.76 bits per heavy atom. The van der Waals surface area contributed by atoms with Crippen molar-refractivity contribution in [1.29, 1.82) is 0 Å². The van der Waals surface area contributed by atoms with Gasteiger partial charge in [0.25, 0.3) is 0 Å². The summed E-state index contributed by atoms with van der Waals surface area (Å²) in [7, 11) is 0. The molecule has 1 unspecified atom stereocenters. The summed E-state index contributed by atoms with van der Waals surface area (Å²) in [6.45, 7) is 4.66. The highest BCUT2D eigenvalue weighted by Gasteiger charge is 2.15. The molecule has 2 aromatic carbocycles. The number of amides is 1. The van der Waals surface area contributed by atoms with Crippen LogP contribution in [-0.2, 0) is 11.3 Å². The smallest absolute Gasteiger partial charge is 0.220 e. The summed E-state index contributed by atoms with van der Waals surface area (Å²) in [6, 6.07) is 15.8. The van der Waals surface area contributed by atoms with Gasteiger partial charge in [0.05, 0.1) is 0 Å². The van der Waals surface area contributed by atoms with Gasteiger partial charge < -0.3 is 15.4 Å². The molecule has 2 aromatic rings. The van der Waals surface area contributed by atoms with E-state index in [1.54, 1.807) is 0 Å². The summed E-state index contributed by atoms with van der Waals surface area (Å²) in [4.78, 5) is 12.1. The minimum absolute atomic E-state index is 0.108. The average molecular weight is 338 g/mol. The third-order valence-corrected chi connectivity index (χ3v) is 4.64. The number of carbonyl (C=O) groups excluding carboxylic acids is 1. The van der Waals surface area contributed by atoms with Crippen LogP contribution in [0.4, 0.5) is 0 Å². The van der Waals surface area contributed by atoms with Gasteiger partial charge in [-0.15, -0.1) is 0 Å². The van der Waals surface area contributed by atoms with Crippen LogP contribution in [0.3, 0.4) is 0 Å². The van der Waals surface area contributed by atoms with Crippen molar-refractivity contribution in [3.05, 3.63) is 59.7 Å². The van der Waals surface area contributed by atoms with Crippen LogP contribution in [0.15, 0.2) is 48.5 Å². The zero-order chi connectivity index (χ0) is 17.5. The van der Waals surface area contributed by atoms with Crippen LogP contribution in [0.2, 0.25) is 0 Å². The van der Waals surface area contributed by atoms with Gasteiger partial charge in [-0.05, 0) is 57.0 Å². The maximum Gasteiger partial charge on any atom is 0.220 e. The Balaban J connectivity index is 1.53.